The second-order valence-corrected chi connectivity index (χ2v) is 3.37. The van der Waals surface area contributed by atoms with Gasteiger partial charge in [0.05, 0.1) is 5.69 Å². The summed E-state index contributed by atoms with van der Waals surface area (Å²) < 4.78 is 5.06. The smallest absolute Gasteiger partial charge is 0.255 e. The van der Waals surface area contributed by atoms with Gasteiger partial charge in [-0.2, -0.15) is 0 Å². The summed E-state index contributed by atoms with van der Waals surface area (Å²) in [6.07, 6.45) is 0. The van der Waals surface area contributed by atoms with Crippen LogP contribution in [0.4, 0.5) is 5.69 Å². The van der Waals surface area contributed by atoms with Gasteiger partial charge in [-0.25, -0.2) is 0 Å². The standard InChI is InChI=1S/C11H15N3O3/c1-2-14-11(16)7-3-4-9(8(12)5-7)17-6-10(13)15/h3-5H,2,6,12H2,1H3,(H2,13,15)(H,14,16). The largest absolute Gasteiger partial charge is 0.482 e. The molecule has 92 valence electrons. The van der Waals surface area contributed by atoms with Crippen LogP contribution >= 0.6 is 0 Å². The average molecular weight is 237 g/mol. The molecule has 1 rings (SSSR count). The first-order chi connectivity index (χ1) is 8.04. The lowest BCUT2D eigenvalue weighted by atomic mass is 10.2. The van der Waals surface area contributed by atoms with E-state index in [0.29, 0.717) is 17.9 Å². The van der Waals surface area contributed by atoms with Crippen LogP contribution in [0.15, 0.2) is 18.2 Å². The number of benzene rings is 1. The Morgan fingerprint density at radius 1 is 1.41 bits per heavy atom. The highest BCUT2D eigenvalue weighted by Crippen LogP contribution is 2.22. The minimum Gasteiger partial charge on any atom is -0.482 e. The molecule has 0 saturated carbocycles. The number of nitrogens with one attached hydrogen (secondary N) is 1. The Morgan fingerprint density at radius 2 is 2.12 bits per heavy atom. The van der Waals surface area contributed by atoms with Crippen molar-refractivity contribution in [1.29, 1.82) is 0 Å². The fourth-order valence-electron chi connectivity index (χ4n) is 1.23. The Morgan fingerprint density at radius 3 is 2.65 bits per heavy atom. The lowest BCUT2D eigenvalue weighted by Gasteiger charge is -2.08. The molecule has 0 aliphatic carbocycles. The average Bonchev–Trinajstić information content (AvgIpc) is 2.27. The van der Waals surface area contributed by atoms with Crippen LogP contribution in [-0.4, -0.2) is 25.0 Å². The van der Waals surface area contributed by atoms with Crippen molar-refractivity contribution in [3.05, 3.63) is 23.8 Å². The zero-order valence-electron chi connectivity index (χ0n) is 9.53. The number of ether oxygens (including phenoxy) is 1. The predicted octanol–water partition coefficient (Wildman–Crippen LogP) is -0.117. The van der Waals surface area contributed by atoms with E-state index in [1.54, 1.807) is 6.07 Å². The molecule has 0 aromatic heterocycles. The maximum absolute atomic E-state index is 11.5. The Kier molecular flexibility index (Phi) is 4.33. The highest BCUT2D eigenvalue weighted by Gasteiger charge is 2.08. The molecule has 1 aromatic carbocycles. The van der Waals surface area contributed by atoms with Crippen molar-refractivity contribution in [3.63, 3.8) is 0 Å². The summed E-state index contributed by atoms with van der Waals surface area (Å²) in [4.78, 5) is 22.0. The van der Waals surface area contributed by atoms with Crippen LogP contribution in [0.3, 0.4) is 0 Å². The SMILES string of the molecule is CCNC(=O)c1ccc(OCC(N)=O)c(N)c1. The van der Waals surface area contributed by atoms with Gasteiger partial charge in [-0.1, -0.05) is 0 Å². The molecule has 0 atom stereocenters. The Hall–Kier alpha value is -2.24. The monoisotopic (exact) mass is 237 g/mol. The first-order valence-corrected chi connectivity index (χ1v) is 5.13. The van der Waals surface area contributed by atoms with Crippen molar-refractivity contribution >= 4 is 17.5 Å². The minimum atomic E-state index is -0.586. The van der Waals surface area contributed by atoms with Crippen LogP contribution in [0.25, 0.3) is 0 Å². The van der Waals surface area contributed by atoms with E-state index in [0.717, 1.165) is 0 Å². The van der Waals surface area contributed by atoms with Gasteiger partial charge < -0.3 is 21.5 Å². The molecular formula is C11H15N3O3. The van der Waals surface area contributed by atoms with Gasteiger partial charge in [0.15, 0.2) is 6.61 Å². The summed E-state index contributed by atoms with van der Waals surface area (Å²) in [6, 6.07) is 4.59. The van der Waals surface area contributed by atoms with Crippen LogP contribution in [0.1, 0.15) is 17.3 Å². The van der Waals surface area contributed by atoms with Gasteiger partial charge in [-0.05, 0) is 25.1 Å². The van der Waals surface area contributed by atoms with Gasteiger partial charge in [-0.15, -0.1) is 0 Å². The molecule has 0 aliphatic rings. The van der Waals surface area contributed by atoms with E-state index in [1.807, 2.05) is 6.92 Å². The van der Waals surface area contributed by atoms with Gasteiger partial charge in [0.2, 0.25) is 0 Å². The van der Waals surface area contributed by atoms with Crippen LogP contribution in [0.2, 0.25) is 0 Å². The Bertz CT molecular complexity index is 432. The summed E-state index contributed by atoms with van der Waals surface area (Å²) in [6.45, 7) is 2.12. The molecule has 1 aromatic rings. The zero-order chi connectivity index (χ0) is 12.8. The summed E-state index contributed by atoms with van der Waals surface area (Å²) in [5, 5.41) is 2.65. The van der Waals surface area contributed by atoms with Gasteiger partial charge in [0.25, 0.3) is 11.8 Å². The third-order valence-electron chi connectivity index (χ3n) is 1.98. The molecule has 0 fully saturated rings. The zero-order valence-corrected chi connectivity index (χ0v) is 9.53. The second-order valence-electron chi connectivity index (χ2n) is 3.37. The maximum atomic E-state index is 11.5. The molecule has 0 bridgehead atoms. The number of nitrogen functional groups attached to an aromatic ring is 1. The fourth-order valence-corrected chi connectivity index (χ4v) is 1.23. The molecule has 0 radical (unpaired) electrons. The van der Waals surface area contributed by atoms with E-state index in [9.17, 15) is 9.59 Å². The van der Waals surface area contributed by atoms with Crippen LogP contribution in [-0.2, 0) is 4.79 Å². The van der Waals surface area contributed by atoms with E-state index >= 15 is 0 Å². The van der Waals surface area contributed by atoms with Crippen LogP contribution in [0.5, 0.6) is 5.75 Å². The number of carbonyl (C=O) groups is 2. The maximum Gasteiger partial charge on any atom is 0.255 e. The molecular weight excluding hydrogens is 222 g/mol. The van der Waals surface area contributed by atoms with Crippen LogP contribution in [0, 0.1) is 0 Å². The first-order valence-electron chi connectivity index (χ1n) is 5.13. The van der Waals surface area contributed by atoms with E-state index in [4.69, 9.17) is 16.2 Å². The molecule has 0 aliphatic heterocycles. The molecule has 6 heteroatoms. The van der Waals surface area contributed by atoms with Crippen molar-refractivity contribution in [1.82, 2.24) is 5.32 Å². The van der Waals surface area contributed by atoms with E-state index in [1.165, 1.54) is 12.1 Å². The Labute approximate surface area is 98.9 Å². The van der Waals surface area contributed by atoms with E-state index in [-0.39, 0.29) is 18.2 Å². The third kappa shape index (κ3) is 3.67. The quantitative estimate of drug-likeness (QED) is 0.620. The van der Waals surface area contributed by atoms with Gasteiger partial charge in [0, 0.05) is 12.1 Å². The predicted molar refractivity (Wildman–Crippen MR) is 63.6 cm³/mol. The Balaban J connectivity index is 2.78. The van der Waals surface area contributed by atoms with Crippen molar-refractivity contribution in [2.24, 2.45) is 5.73 Å². The summed E-state index contributed by atoms with van der Waals surface area (Å²) in [5.41, 5.74) is 11.4. The molecule has 0 spiro atoms. The fraction of sp³-hybridized carbons (Fsp3) is 0.273. The van der Waals surface area contributed by atoms with Crippen molar-refractivity contribution in [3.8, 4) is 5.75 Å². The summed E-state index contributed by atoms with van der Waals surface area (Å²) in [7, 11) is 0. The molecule has 2 amide bonds. The number of rotatable bonds is 5. The topological polar surface area (TPSA) is 107 Å². The summed E-state index contributed by atoms with van der Waals surface area (Å²) in [5.74, 6) is -0.463. The van der Waals surface area contributed by atoms with Crippen molar-refractivity contribution in [2.75, 3.05) is 18.9 Å². The highest BCUT2D eigenvalue weighted by molar-refractivity contribution is 5.95. The number of carbonyl (C=O) groups excluding carboxylic acids is 2. The number of anilines is 1. The molecule has 0 heterocycles. The van der Waals surface area contributed by atoms with Crippen molar-refractivity contribution < 1.29 is 14.3 Å². The van der Waals surface area contributed by atoms with Crippen molar-refractivity contribution in [2.45, 2.75) is 6.92 Å². The lowest BCUT2D eigenvalue weighted by Crippen LogP contribution is -2.23. The van der Waals surface area contributed by atoms with Gasteiger partial charge in [0.1, 0.15) is 5.75 Å². The number of hydrogen-bond donors (Lipinski definition) is 3. The van der Waals surface area contributed by atoms with E-state index < -0.39 is 5.91 Å². The van der Waals surface area contributed by atoms with Gasteiger partial charge in [-0.3, -0.25) is 9.59 Å². The minimum absolute atomic E-state index is 0.208. The normalized spacial score (nSPS) is 9.71. The number of nitrogens with two attached hydrogens (primary N) is 2. The third-order valence-corrected chi connectivity index (χ3v) is 1.98. The molecule has 6 nitrogen and oxygen atoms in total. The van der Waals surface area contributed by atoms with Gasteiger partial charge >= 0.3 is 0 Å². The number of hydrogen-bond acceptors (Lipinski definition) is 4. The summed E-state index contributed by atoms with van der Waals surface area (Å²) >= 11 is 0. The molecule has 0 saturated heterocycles. The van der Waals surface area contributed by atoms with E-state index in [2.05, 4.69) is 5.32 Å². The second kappa shape index (κ2) is 5.74. The molecule has 5 N–H and O–H groups in total. The first kappa shape index (κ1) is 12.8. The van der Waals surface area contributed by atoms with Crippen LogP contribution < -0.4 is 21.5 Å². The number of primary amides is 1. The molecule has 0 unspecified atom stereocenters. The highest BCUT2D eigenvalue weighted by atomic mass is 16.5. The molecule has 17 heavy (non-hydrogen) atoms. The lowest BCUT2D eigenvalue weighted by molar-refractivity contribution is -0.119. The number of amides is 2.